The molecule has 0 aliphatic heterocycles. The van der Waals surface area contributed by atoms with Gasteiger partial charge in [-0.15, -0.1) is 0 Å². The Bertz CT molecular complexity index is 565. The molecule has 1 aromatic carbocycles. The van der Waals surface area contributed by atoms with Gasteiger partial charge in [-0.3, -0.25) is 4.79 Å². The van der Waals surface area contributed by atoms with Gasteiger partial charge in [0.05, 0.1) is 10.8 Å². The minimum Gasteiger partial charge on any atom is -0.481 e. The number of sulfone groups is 1. The highest BCUT2D eigenvalue weighted by Gasteiger charge is 2.32. The molecular formula is C13H17NO4S. The van der Waals surface area contributed by atoms with Crippen LogP contribution in [0.25, 0.3) is 0 Å². The first-order valence-corrected chi connectivity index (χ1v) is 8.06. The predicted molar refractivity (Wildman–Crippen MR) is 71.9 cm³/mol. The average molecular weight is 283 g/mol. The van der Waals surface area contributed by atoms with Crippen LogP contribution in [0.2, 0.25) is 0 Å². The van der Waals surface area contributed by atoms with Crippen molar-refractivity contribution in [1.29, 1.82) is 0 Å². The molecule has 6 heteroatoms. The molecule has 0 amide bonds. The quantitative estimate of drug-likeness (QED) is 0.879. The zero-order chi connectivity index (χ0) is 14.0. The number of carboxylic acid groups (broad SMARTS) is 1. The van der Waals surface area contributed by atoms with Crippen molar-refractivity contribution in [3.05, 3.63) is 24.3 Å². The van der Waals surface area contributed by atoms with E-state index in [4.69, 9.17) is 5.11 Å². The summed E-state index contributed by atoms with van der Waals surface area (Å²) in [5.74, 6) is -1.14. The number of hydrogen-bond acceptors (Lipinski definition) is 4. The lowest BCUT2D eigenvalue weighted by molar-refractivity contribution is -0.141. The molecule has 2 rings (SSSR count). The summed E-state index contributed by atoms with van der Waals surface area (Å²) in [7, 11) is -3.19. The van der Waals surface area contributed by atoms with Gasteiger partial charge in [-0.2, -0.15) is 0 Å². The Morgan fingerprint density at radius 2 is 1.89 bits per heavy atom. The zero-order valence-corrected chi connectivity index (χ0v) is 11.5. The number of anilines is 1. The molecule has 0 heterocycles. The Labute approximate surface area is 112 Å². The molecule has 1 aromatic rings. The van der Waals surface area contributed by atoms with E-state index in [1.807, 2.05) is 0 Å². The number of carbonyl (C=O) groups is 1. The summed E-state index contributed by atoms with van der Waals surface area (Å²) in [5, 5.41) is 12.3. The molecule has 5 nitrogen and oxygen atoms in total. The van der Waals surface area contributed by atoms with Gasteiger partial charge in [0, 0.05) is 18.0 Å². The Kier molecular flexibility index (Phi) is 3.80. The lowest BCUT2D eigenvalue weighted by atomic mass is 10.0. The van der Waals surface area contributed by atoms with Crippen LogP contribution in [0.3, 0.4) is 0 Å². The smallest absolute Gasteiger partial charge is 0.308 e. The molecule has 1 fully saturated rings. The Balaban J connectivity index is 2.10. The van der Waals surface area contributed by atoms with E-state index in [1.54, 1.807) is 12.1 Å². The second-order valence-corrected chi connectivity index (χ2v) is 6.94. The number of carboxylic acids is 1. The van der Waals surface area contributed by atoms with Crippen LogP contribution in [0.5, 0.6) is 0 Å². The Morgan fingerprint density at radius 1 is 1.26 bits per heavy atom. The van der Waals surface area contributed by atoms with Crippen LogP contribution < -0.4 is 5.32 Å². The van der Waals surface area contributed by atoms with E-state index in [1.165, 1.54) is 12.1 Å². The van der Waals surface area contributed by atoms with Crippen molar-refractivity contribution in [3.8, 4) is 0 Å². The van der Waals surface area contributed by atoms with Crippen molar-refractivity contribution in [2.45, 2.75) is 30.2 Å². The minimum atomic E-state index is -3.19. The Hall–Kier alpha value is -1.56. The standard InChI is InChI=1S/C13H17NO4S/c1-19(17,18)10-7-5-9(6-8-10)14-12-4-2-3-11(12)13(15)16/h5-8,11-12,14H,2-4H2,1H3,(H,15,16). The van der Waals surface area contributed by atoms with Crippen LogP contribution in [0.15, 0.2) is 29.2 Å². The average Bonchev–Trinajstić information content (AvgIpc) is 2.77. The second kappa shape index (κ2) is 5.21. The molecule has 0 bridgehead atoms. The fraction of sp³-hybridized carbons (Fsp3) is 0.462. The van der Waals surface area contributed by atoms with Gasteiger partial charge in [0.1, 0.15) is 0 Å². The summed E-state index contributed by atoms with van der Waals surface area (Å²) < 4.78 is 22.7. The summed E-state index contributed by atoms with van der Waals surface area (Å²) in [4.78, 5) is 11.3. The summed E-state index contributed by atoms with van der Waals surface area (Å²) in [6.45, 7) is 0. The topological polar surface area (TPSA) is 83.5 Å². The summed E-state index contributed by atoms with van der Waals surface area (Å²) in [6, 6.07) is 6.33. The fourth-order valence-corrected chi connectivity index (χ4v) is 3.07. The second-order valence-electron chi connectivity index (χ2n) is 4.92. The van der Waals surface area contributed by atoms with Gasteiger partial charge >= 0.3 is 5.97 Å². The summed E-state index contributed by atoms with van der Waals surface area (Å²) in [5.41, 5.74) is 0.755. The van der Waals surface area contributed by atoms with E-state index in [9.17, 15) is 13.2 Å². The first-order valence-electron chi connectivity index (χ1n) is 6.17. The van der Waals surface area contributed by atoms with Gasteiger partial charge in [-0.05, 0) is 37.1 Å². The maximum absolute atomic E-state index is 11.3. The largest absolute Gasteiger partial charge is 0.481 e. The van der Waals surface area contributed by atoms with Crippen LogP contribution in [0.1, 0.15) is 19.3 Å². The van der Waals surface area contributed by atoms with Crippen molar-refractivity contribution < 1.29 is 18.3 Å². The van der Waals surface area contributed by atoms with E-state index in [2.05, 4.69) is 5.32 Å². The molecular weight excluding hydrogens is 266 g/mol. The van der Waals surface area contributed by atoms with Gasteiger partial charge in [-0.1, -0.05) is 6.42 Å². The van der Waals surface area contributed by atoms with E-state index in [-0.39, 0.29) is 16.9 Å². The third kappa shape index (κ3) is 3.26. The highest BCUT2D eigenvalue weighted by Crippen LogP contribution is 2.29. The van der Waals surface area contributed by atoms with Crippen molar-refractivity contribution in [3.63, 3.8) is 0 Å². The molecule has 104 valence electrons. The van der Waals surface area contributed by atoms with Gasteiger partial charge in [0.25, 0.3) is 0 Å². The number of rotatable bonds is 4. The molecule has 0 radical (unpaired) electrons. The third-order valence-corrected chi connectivity index (χ3v) is 4.60. The van der Waals surface area contributed by atoms with Gasteiger partial charge in [0.2, 0.25) is 0 Å². The van der Waals surface area contributed by atoms with E-state index in [0.717, 1.165) is 24.8 Å². The lowest BCUT2D eigenvalue weighted by Crippen LogP contribution is -2.29. The van der Waals surface area contributed by atoms with Crippen molar-refractivity contribution in [2.24, 2.45) is 5.92 Å². The molecule has 2 atom stereocenters. The van der Waals surface area contributed by atoms with Crippen LogP contribution in [0.4, 0.5) is 5.69 Å². The molecule has 0 aromatic heterocycles. The predicted octanol–water partition coefficient (Wildman–Crippen LogP) is 1.76. The third-order valence-electron chi connectivity index (χ3n) is 3.47. The molecule has 2 unspecified atom stereocenters. The van der Waals surface area contributed by atoms with E-state index < -0.39 is 15.8 Å². The van der Waals surface area contributed by atoms with Crippen molar-refractivity contribution in [2.75, 3.05) is 11.6 Å². The molecule has 1 aliphatic rings. The van der Waals surface area contributed by atoms with E-state index in [0.29, 0.717) is 6.42 Å². The SMILES string of the molecule is CS(=O)(=O)c1ccc(NC2CCCC2C(=O)O)cc1. The first kappa shape index (κ1) is 13.9. The van der Waals surface area contributed by atoms with Crippen LogP contribution in [-0.2, 0) is 14.6 Å². The normalized spacial score (nSPS) is 23.2. The minimum absolute atomic E-state index is 0.0819. The number of hydrogen-bond donors (Lipinski definition) is 2. The van der Waals surface area contributed by atoms with Crippen molar-refractivity contribution >= 4 is 21.5 Å². The van der Waals surface area contributed by atoms with Crippen LogP contribution in [-0.4, -0.2) is 31.8 Å². The van der Waals surface area contributed by atoms with Crippen LogP contribution in [0, 0.1) is 5.92 Å². The Morgan fingerprint density at radius 3 is 2.42 bits per heavy atom. The van der Waals surface area contributed by atoms with E-state index >= 15 is 0 Å². The lowest BCUT2D eigenvalue weighted by Gasteiger charge is -2.18. The maximum Gasteiger partial charge on any atom is 0.308 e. The molecule has 19 heavy (non-hydrogen) atoms. The van der Waals surface area contributed by atoms with Gasteiger partial charge in [-0.25, -0.2) is 8.42 Å². The number of nitrogens with one attached hydrogen (secondary N) is 1. The molecule has 0 saturated heterocycles. The zero-order valence-electron chi connectivity index (χ0n) is 10.7. The van der Waals surface area contributed by atoms with Gasteiger partial charge in [0.15, 0.2) is 9.84 Å². The molecule has 0 spiro atoms. The van der Waals surface area contributed by atoms with Gasteiger partial charge < -0.3 is 10.4 Å². The van der Waals surface area contributed by atoms with Crippen molar-refractivity contribution in [1.82, 2.24) is 0 Å². The summed E-state index contributed by atoms with van der Waals surface area (Å²) >= 11 is 0. The summed E-state index contributed by atoms with van der Waals surface area (Å²) in [6.07, 6.45) is 3.57. The number of benzene rings is 1. The molecule has 1 aliphatic carbocycles. The molecule has 1 saturated carbocycles. The number of aliphatic carboxylic acids is 1. The monoisotopic (exact) mass is 283 g/mol. The fourth-order valence-electron chi connectivity index (χ4n) is 2.44. The van der Waals surface area contributed by atoms with Crippen LogP contribution >= 0.6 is 0 Å². The first-order chi connectivity index (χ1) is 8.88. The maximum atomic E-state index is 11.3. The highest BCUT2D eigenvalue weighted by atomic mass is 32.2. The molecule has 2 N–H and O–H groups in total. The highest BCUT2D eigenvalue weighted by molar-refractivity contribution is 7.90.